The van der Waals surface area contributed by atoms with Crippen LogP contribution in [0.5, 0.6) is 0 Å². The van der Waals surface area contributed by atoms with Gasteiger partial charge in [0, 0.05) is 13.1 Å². The lowest BCUT2D eigenvalue weighted by atomic mass is 10.1. The van der Waals surface area contributed by atoms with Crippen LogP contribution in [0.15, 0.2) is 18.2 Å². The van der Waals surface area contributed by atoms with E-state index in [1.165, 1.54) is 19.3 Å². The van der Waals surface area contributed by atoms with Crippen molar-refractivity contribution in [1.82, 2.24) is 4.90 Å². The number of ether oxygens (including phenoxy) is 1. The third kappa shape index (κ3) is 4.58. The van der Waals surface area contributed by atoms with Crippen molar-refractivity contribution >= 4 is 11.9 Å². The van der Waals surface area contributed by atoms with Crippen LogP contribution in [0, 0.1) is 13.8 Å². The number of likely N-dealkylation sites (tertiary alicyclic amines) is 1. The van der Waals surface area contributed by atoms with E-state index in [2.05, 4.69) is 0 Å². The largest absolute Gasteiger partial charge is 0.452 e. The normalized spacial score (nSPS) is 15.8. The Kier molecular flexibility index (Phi) is 5.99. The number of esters is 1. The van der Waals surface area contributed by atoms with Gasteiger partial charge in [0.2, 0.25) is 0 Å². The minimum absolute atomic E-state index is 0.0828. The van der Waals surface area contributed by atoms with Gasteiger partial charge in [-0.3, -0.25) is 4.79 Å². The van der Waals surface area contributed by atoms with E-state index in [4.69, 9.17) is 4.74 Å². The molecule has 120 valence electrons. The first kappa shape index (κ1) is 16.5. The number of amides is 1. The lowest BCUT2D eigenvalue weighted by molar-refractivity contribution is -0.134. The second kappa shape index (κ2) is 7.97. The fraction of sp³-hybridized carbons (Fsp3) is 0.556. The highest BCUT2D eigenvalue weighted by Crippen LogP contribution is 2.13. The Hall–Kier alpha value is -1.84. The number of carbonyl (C=O) groups excluding carboxylic acids is 2. The summed E-state index contributed by atoms with van der Waals surface area (Å²) in [5, 5.41) is 0. The molecule has 0 aliphatic carbocycles. The molecule has 1 heterocycles. The molecule has 4 heteroatoms. The van der Waals surface area contributed by atoms with Crippen LogP contribution in [0.1, 0.15) is 53.6 Å². The molecule has 1 aromatic carbocycles. The molecule has 1 aliphatic heterocycles. The molecule has 0 radical (unpaired) electrons. The van der Waals surface area contributed by atoms with E-state index < -0.39 is 5.97 Å². The summed E-state index contributed by atoms with van der Waals surface area (Å²) in [5.41, 5.74) is 2.42. The van der Waals surface area contributed by atoms with Crippen molar-refractivity contribution < 1.29 is 14.3 Å². The highest BCUT2D eigenvalue weighted by atomic mass is 16.5. The van der Waals surface area contributed by atoms with Gasteiger partial charge >= 0.3 is 5.97 Å². The van der Waals surface area contributed by atoms with Crippen LogP contribution in [-0.4, -0.2) is 36.5 Å². The Balaban J connectivity index is 1.89. The minimum atomic E-state index is -0.415. The van der Waals surface area contributed by atoms with Crippen LogP contribution < -0.4 is 0 Å². The molecule has 1 aromatic rings. The average molecular weight is 303 g/mol. The van der Waals surface area contributed by atoms with Gasteiger partial charge in [-0.2, -0.15) is 0 Å². The topological polar surface area (TPSA) is 46.6 Å². The van der Waals surface area contributed by atoms with E-state index in [0.717, 1.165) is 37.1 Å². The molecule has 0 unspecified atom stereocenters. The number of hydrogen-bond acceptors (Lipinski definition) is 3. The van der Waals surface area contributed by atoms with E-state index in [1.54, 1.807) is 6.07 Å². The SMILES string of the molecule is Cc1ccc(C)c(C(=O)OCC(=O)N2CCCCCCC2)c1. The molecule has 0 spiro atoms. The van der Waals surface area contributed by atoms with Gasteiger partial charge in [0.05, 0.1) is 5.56 Å². The number of aryl methyl sites for hydroxylation is 2. The Labute approximate surface area is 132 Å². The molecule has 0 N–H and O–H groups in total. The van der Waals surface area contributed by atoms with Crippen molar-refractivity contribution in [3.8, 4) is 0 Å². The van der Waals surface area contributed by atoms with Gasteiger partial charge in [0.1, 0.15) is 0 Å². The number of benzene rings is 1. The summed E-state index contributed by atoms with van der Waals surface area (Å²) in [6, 6.07) is 5.65. The van der Waals surface area contributed by atoms with Crippen LogP contribution in [0.2, 0.25) is 0 Å². The molecular formula is C18H25NO3. The lowest BCUT2D eigenvalue weighted by Crippen LogP contribution is -2.37. The quantitative estimate of drug-likeness (QED) is 0.805. The van der Waals surface area contributed by atoms with Gasteiger partial charge in [-0.05, 0) is 38.3 Å². The molecule has 4 nitrogen and oxygen atoms in total. The number of nitrogens with zero attached hydrogens (tertiary/aromatic N) is 1. The lowest BCUT2D eigenvalue weighted by Gasteiger charge is -2.24. The summed E-state index contributed by atoms with van der Waals surface area (Å²) >= 11 is 0. The maximum absolute atomic E-state index is 12.2. The first-order valence-corrected chi connectivity index (χ1v) is 8.10. The molecule has 1 saturated heterocycles. The van der Waals surface area contributed by atoms with Gasteiger partial charge in [-0.15, -0.1) is 0 Å². The smallest absolute Gasteiger partial charge is 0.338 e. The second-order valence-corrected chi connectivity index (χ2v) is 6.04. The Bertz CT molecular complexity index is 531. The molecule has 0 saturated carbocycles. The fourth-order valence-electron chi connectivity index (χ4n) is 2.75. The molecule has 0 bridgehead atoms. The van der Waals surface area contributed by atoms with Crippen molar-refractivity contribution in [2.75, 3.05) is 19.7 Å². The summed E-state index contributed by atoms with van der Waals surface area (Å²) in [5.74, 6) is -0.498. The number of rotatable bonds is 3. The van der Waals surface area contributed by atoms with Gasteiger partial charge in [0.25, 0.3) is 5.91 Å². The summed E-state index contributed by atoms with van der Waals surface area (Å²) in [7, 11) is 0. The monoisotopic (exact) mass is 303 g/mol. The Morgan fingerprint density at radius 2 is 1.68 bits per heavy atom. The molecule has 1 amide bonds. The summed E-state index contributed by atoms with van der Waals surface area (Å²) in [4.78, 5) is 26.2. The van der Waals surface area contributed by atoms with Crippen LogP contribution >= 0.6 is 0 Å². The van der Waals surface area contributed by atoms with Crippen molar-refractivity contribution in [3.05, 3.63) is 34.9 Å². The highest BCUT2D eigenvalue weighted by molar-refractivity contribution is 5.92. The van der Waals surface area contributed by atoms with E-state index in [0.29, 0.717) is 5.56 Å². The maximum atomic E-state index is 12.2. The molecule has 22 heavy (non-hydrogen) atoms. The summed E-state index contributed by atoms with van der Waals surface area (Å²) in [6.45, 7) is 5.20. The van der Waals surface area contributed by atoms with Gasteiger partial charge in [-0.1, -0.05) is 37.0 Å². The van der Waals surface area contributed by atoms with Crippen molar-refractivity contribution in [2.45, 2.75) is 46.0 Å². The standard InChI is InChI=1S/C18H25NO3/c1-14-8-9-15(2)16(12-14)18(21)22-13-17(20)19-10-6-4-3-5-7-11-19/h8-9,12H,3-7,10-11,13H2,1-2H3. The molecule has 1 aliphatic rings. The van der Waals surface area contributed by atoms with E-state index in [1.807, 2.05) is 30.9 Å². The van der Waals surface area contributed by atoms with Crippen LogP contribution in [0.3, 0.4) is 0 Å². The maximum Gasteiger partial charge on any atom is 0.338 e. The highest BCUT2D eigenvalue weighted by Gasteiger charge is 2.18. The van der Waals surface area contributed by atoms with E-state index in [9.17, 15) is 9.59 Å². The van der Waals surface area contributed by atoms with Crippen LogP contribution in [0.4, 0.5) is 0 Å². The van der Waals surface area contributed by atoms with Crippen molar-refractivity contribution in [2.24, 2.45) is 0 Å². The molecule has 0 aromatic heterocycles. The number of carbonyl (C=O) groups is 2. The first-order valence-electron chi connectivity index (χ1n) is 8.10. The molecular weight excluding hydrogens is 278 g/mol. The van der Waals surface area contributed by atoms with E-state index >= 15 is 0 Å². The Morgan fingerprint density at radius 3 is 2.36 bits per heavy atom. The van der Waals surface area contributed by atoms with Gasteiger partial charge in [-0.25, -0.2) is 4.79 Å². The van der Waals surface area contributed by atoms with Gasteiger partial charge < -0.3 is 9.64 Å². The summed E-state index contributed by atoms with van der Waals surface area (Å²) in [6.07, 6.45) is 5.68. The van der Waals surface area contributed by atoms with Crippen LogP contribution in [-0.2, 0) is 9.53 Å². The third-order valence-corrected chi connectivity index (χ3v) is 4.15. The predicted octanol–water partition coefficient (Wildman–Crippen LogP) is 3.25. The second-order valence-electron chi connectivity index (χ2n) is 6.04. The van der Waals surface area contributed by atoms with Crippen molar-refractivity contribution in [3.63, 3.8) is 0 Å². The zero-order valence-corrected chi connectivity index (χ0v) is 13.6. The average Bonchev–Trinajstić information content (AvgIpc) is 2.46. The van der Waals surface area contributed by atoms with Crippen molar-refractivity contribution in [1.29, 1.82) is 0 Å². The zero-order chi connectivity index (χ0) is 15.9. The molecule has 0 atom stereocenters. The zero-order valence-electron chi connectivity index (χ0n) is 13.6. The Morgan fingerprint density at radius 1 is 1.05 bits per heavy atom. The summed E-state index contributed by atoms with van der Waals surface area (Å²) < 4.78 is 5.22. The third-order valence-electron chi connectivity index (χ3n) is 4.15. The van der Waals surface area contributed by atoms with Gasteiger partial charge in [0.15, 0.2) is 6.61 Å². The first-order chi connectivity index (χ1) is 10.6. The van der Waals surface area contributed by atoms with E-state index in [-0.39, 0.29) is 12.5 Å². The fourth-order valence-corrected chi connectivity index (χ4v) is 2.75. The number of hydrogen-bond donors (Lipinski definition) is 0. The van der Waals surface area contributed by atoms with Crippen LogP contribution in [0.25, 0.3) is 0 Å². The predicted molar refractivity (Wildman–Crippen MR) is 85.9 cm³/mol. The molecule has 1 fully saturated rings. The minimum Gasteiger partial charge on any atom is -0.452 e. The molecule has 2 rings (SSSR count).